The van der Waals surface area contributed by atoms with Crippen LogP contribution < -0.4 is 5.32 Å². The Morgan fingerprint density at radius 3 is 3.12 bits per heavy atom. The van der Waals surface area contributed by atoms with E-state index in [1.54, 1.807) is 7.05 Å². The van der Waals surface area contributed by atoms with Crippen molar-refractivity contribution >= 4 is 28.6 Å². The van der Waals surface area contributed by atoms with E-state index in [0.717, 1.165) is 46.9 Å². The Bertz CT molecular complexity index is 913. The molecule has 0 spiro atoms. The van der Waals surface area contributed by atoms with Crippen molar-refractivity contribution in [3.63, 3.8) is 0 Å². The van der Waals surface area contributed by atoms with Crippen LogP contribution in [0, 0.1) is 0 Å². The van der Waals surface area contributed by atoms with E-state index in [0.29, 0.717) is 12.3 Å². The highest BCUT2D eigenvalue weighted by molar-refractivity contribution is 7.99. The summed E-state index contributed by atoms with van der Waals surface area (Å²) in [4.78, 5) is 14.9. The van der Waals surface area contributed by atoms with Crippen LogP contribution in [0.15, 0.2) is 35.6 Å². The summed E-state index contributed by atoms with van der Waals surface area (Å²) in [6, 6.07) is 8.14. The third-order valence-corrected chi connectivity index (χ3v) is 5.54. The van der Waals surface area contributed by atoms with Crippen LogP contribution in [0.3, 0.4) is 0 Å². The fraction of sp³-hybridized carbons (Fsp3) is 0.389. The second-order valence-corrected chi connectivity index (χ2v) is 7.20. The van der Waals surface area contributed by atoms with Crippen LogP contribution in [-0.2, 0) is 16.1 Å². The van der Waals surface area contributed by atoms with Gasteiger partial charge in [-0.15, -0.1) is 10.2 Å². The van der Waals surface area contributed by atoms with E-state index in [4.69, 9.17) is 4.74 Å². The summed E-state index contributed by atoms with van der Waals surface area (Å²) in [6.07, 6.45) is 4.24. The average molecular weight is 371 g/mol. The van der Waals surface area contributed by atoms with Crippen LogP contribution in [-0.4, -0.2) is 51.2 Å². The molecule has 3 heterocycles. The number of carbonyl (C=O) groups is 1. The van der Waals surface area contributed by atoms with E-state index >= 15 is 0 Å². The number of benzene rings is 1. The summed E-state index contributed by atoms with van der Waals surface area (Å²) in [7, 11) is 1.64. The Morgan fingerprint density at radius 1 is 1.42 bits per heavy atom. The van der Waals surface area contributed by atoms with E-state index in [1.807, 2.05) is 24.4 Å². The molecule has 1 aliphatic heterocycles. The lowest BCUT2D eigenvalue weighted by molar-refractivity contribution is -0.118. The third kappa shape index (κ3) is 3.34. The van der Waals surface area contributed by atoms with Gasteiger partial charge in [0.1, 0.15) is 0 Å². The molecule has 2 N–H and O–H groups in total. The molecule has 1 aromatic carbocycles. The Morgan fingerprint density at radius 2 is 2.31 bits per heavy atom. The lowest BCUT2D eigenvalue weighted by atomic mass is 10.1. The SMILES string of the molecule is CNC(=O)CSc1nnc(-c2c[nH]c3ccccc23)n1CC1CCCO1. The van der Waals surface area contributed by atoms with Gasteiger partial charge in [-0.1, -0.05) is 30.0 Å². The fourth-order valence-electron chi connectivity index (χ4n) is 3.21. The number of hydrogen-bond donors (Lipinski definition) is 2. The molecule has 0 bridgehead atoms. The van der Waals surface area contributed by atoms with Crippen molar-refractivity contribution in [1.82, 2.24) is 25.1 Å². The number of nitrogens with one attached hydrogen (secondary N) is 2. The van der Waals surface area contributed by atoms with Crippen molar-refractivity contribution in [3.05, 3.63) is 30.5 Å². The molecule has 136 valence electrons. The van der Waals surface area contributed by atoms with Gasteiger partial charge in [0.2, 0.25) is 5.91 Å². The van der Waals surface area contributed by atoms with Crippen molar-refractivity contribution < 1.29 is 9.53 Å². The number of hydrogen-bond acceptors (Lipinski definition) is 5. The van der Waals surface area contributed by atoms with Gasteiger partial charge < -0.3 is 15.0 Å². The zero-order valence-electron chi connectivity index (χ0n) is 14.6. The lowest BCUT2D eigenvalue weighted by Gasteiger charge is -2.14. The smallest absolute Gasteiger partial charge is 0.230 e. The second kappa shape index (κ2) is 7.51. The van der Waals surface area contributed by atoms with Crippen LogP contribution >= 0.6 is 11.8 Å². The number of H-pyrrole nitrogens is 1. The highest BCUT2D eigenvalue weighted by Gasteiger charge is 2.23. The maximum absolute atomic E-state index is 11.6. The minimum Gasteiger partial charge on any atom is -0.376 e. The second-order valence-electron chi connectivity index (χ2n) is 6.26. The molecule has 1 aliphatic rings. The largest absolute Gasteiger partial charge is 0.376 e. The van der Waals surface area contributed by atoms with Gasteiger partial charge >= 0.3 is 0 Å². The van der Waals surface area contributed by atoms with E-state index in [1.165, 1.54) is 11.8 Å². The number of fused-ring (bicyclic) bond motifs is 1. The molecule has 7 nitrogen and oxygen atoms in total. The molecule has 26 heavy (non-hydrogen) atoms. The van der Waals surface area contributed by atoms with Crippen LogP contribution in [0.4, 0.5) is 0 Å². The summed E-state index contributed by atoms with van der Waals surface area (Å²) in [5.74, 6) is 1.08. The van der Waals surface area contributed by atoms with Crippen molar-refractivity contribution in [2.45, 2.75) is 30.6 Å². The summed E-state index contributed by atoms with van der Waals surface area (Å²) >= 11 is 1.40. The predicted molar refractivity (Wildman–Crippen MR) is 101 cm³/mol. The van der Waals surface area contributed by atoms with Crippen molar-refractivity contribution in [1.29, 1.82) is 0 Å². The Balaban J connectivity index is 1.70. The molecule has 1 amide bonds. The fourth-order valence-corrected chi connectivity index (χ4v) is 4.03. The summed E-state index contributed by atoms with van der Waals surface area (Å²) in [6.45, 7) is 1.49. The standard InChI is InChI=1S/C18H21N5O2S/c1-19-16(24)11-26-18-22-21-17(23(18)10-12-5-4-8-25-12)14-9-20-15-7-3-2-6-13(14)15/h2-3,6-7,9,12,20H,4-5,8,10-11H2,1H3,(H,19,24). The number of aromatic amines is 1. The van der Waals surface area contributed by atoms with Gasteiger partial charge in [-0.2, -0.15) is 0 Å². The number of rotatable bonds is 6. The number of amides is 1. The maximum Gasteiger partial charge on any atom is 0.230 e. The first-order valence-electron chi connectivity index (χ1n) is 8.71. The molecule has 2 aromatic heterocycles. The normalized spacial score (nSPS) is 17.0. The number of thioether (sulfide) groups is 1. The van der Waals surface area contributed by atoms with Crippen LogP contribution in [0.1, 0.15) is 12.8 Å². The van der Waals surface area contributed by atoms with E-state index in [9.17, 15) is 4.79 Å². The number of ether oxygens (including phenoxy) is 1. The van der Waals surface area contributed by atoms with Crippen molar-refractivity contribution in [3.8, 4) is 11.4 Å². The van der Waals surface area contributed by atoms with Gasteiger partial charge in [0, 0.05) is 36.3 Å². The first-order valence-corrected chi connectivity index (χ1v) is 9.69. The summed E-state index contributed by atoms with van der Waals surface area (Å²) in [5, 5.41) is 13.3. The minimum absolute atomic E-state index is 0.0321. The Labute approximate surface area is 155 Å². The Kier molecular flexibility index (Phi) is 4.94. The highest BCUT2D eigenvalue weighted by atomic mass is 32.2. The lowest BCUT2D eigenvalue weighted by Crippen LogP contribution is -2.21. The van der Waals surface area contributed by atoms with E-state index < -0.39 is 0 Å². The zero-order chi connectivity index (χ0) is 17.9. The van der Waals surface area contributed by atoms with Crippen LogP contribution in [0.5, 0.6) is 0 Å². The molecule has 3 aromatic rings. The molecule has 0 radical (unpaired) electrons. The molecule has 1 unspecified atom stereocenters. The molecule has 0 saturated carbocycles. The molecule has 4 rings (SSSR count). The third-order valence-electron chi connectivity index (χ3n) is 4.57. The summed E-state index contributed by atoms with van der Waals surface area (Å²) in [5.41, 5.74) is 2.08. The van der Waals surface area contributed by atoms with Gasteiger partial charge in [0.05, 0.1) is 18.4 Å². The van der Waals surface area contributed by atoms with Crippen molar-refractivity contribution in [2.75, 3.05) is 19.4 Å². The average Bonchev–Trinajstić information content (AvgIpc) is 3.40. The van der Waals surface area contributed by atoms with Crippen molar-refractivity contribution in [2.24, 2.45) is 0 Å². The van der Waals surface area contributed by atoms with Gasteiger partial charge in [-0.25, -0.2) is 0 Å². The molecule has 1 saturated heterocycles. The predicted octanol–water partition coefficient (Wildman–Crippen LogP) is 2.44. The first kappa shape index (κ1) is 17.1. The molecule has 8 heteroatoms. The number of para-hydroxylation sites is 1. The van der Waals surface area contributed by atoms with Crippen LogP contribution in [0.2, 0.25) is 0 Å². The molecular formula is C18H21N5O2S. The topological polar surface area (TPSA) is 84.8 Å². The number of nitrogens with zero attached hydrogens (tertiary/aromatic N) is 3. The van der Waals surface area contributed by atoms with Crippen LogP contribution in [0.25, 0.3) is 22.3 Å². The molecule has 1 atom stereocenters. The van der Waals surface area contributed by atoms with E-state index in [2.05, 4.69) is 31.1 Å². The monoisotopic (exact) mass is 371 g/mol. The number of carbonyl (C=O) groups excluding carboxylic acids is 1. The molecule has 0 aliphatic carbocycles. The summed E-state index contributed by atoms with van der Waals surface area (Å²) < 4.78 is 7.90. The van der Waals surface area contributed by atoms with Gasteiger partial charge in [0.25, 0.3) is 0 Å². The molecule has 1 fully saturated rings. The molecular weight excluding hydrogens is 350 g/mol. The first-order chi connectivity index (χ1) is 12.8. The number of aromatic nitrogens is 4. The van der Waals surface area contributed by atoms with Gasteiger partial charge in [0.15, 0.2) is 11.0 Å². The van der Waals surface area contributed by atoms with Gasteiger partial charge in [-0.05, 0) is 18.9 Å². The Hall–Kier alpha value is -2.32. The zero-order valence-corrected chi connectivity index (χ0v) is 15.4. The minimum atomic E-state index is -0.0321. The highest BCUT2D eigenvalue weighted by Crippen LogP contribution is 2.31. The van der Waals surface area contributed by atoms with Gasteiger partial charge in [-0.3, -0.25) is 9.36 Å². The quantitative estimate of drug-likeness (QED) is 0.650. The van der Waals surface area contributed by atoms with E-state index in [-0.39, 0.29) is 12.0 Å². The maximum atomic E-state index is 11.6.